The zero-order chi connectivity index (χ0) is 43.6. The fourth-order valence-corrected chi connectivity index (χ4v) is 10.6. The summed E-state index contributed by atoms with van der Waals surface area (Å²) in [6.07, 6.45) is 5.74. The first-order valence-corrected chi connectivity index (χ1v) is 22.5. The first-order valence-electron chi connectivity index (χ1n) is 22.5. The van der Waals surface area contributed by atoms with Crippen LogP contribution in [0.4, 0.5) is 0 Å². The maximum atomic E-state index is 5.15. The van der Waals surface area contributed by atoms with Gasteiger partial charge in [0.25, 0.3) is 0 Å². The summed E-state index contributed by atoms with van der Waals surface area (Å²) in [7, 11) is 0. The van der Waals surface area contributed by atoms with Crippen molar-refractivity contribution >= 4 is 65.0 Å². The number of hydrogen-bond donors (Lipinski definition) is 0. The molecular weight excluding hydrogens is 799 g/mol. The second-order valence-electron chi connectivity index (χ2n) is 17.0. The highest BCUT2D eigenvalue weighted by molar-refractivity contribution is 6.23. The molecule has 0 unspecified atom stereocenters. The lowest BCUT2D eigenvalue weighted by Gasteiger charge is -2.19. The normalized spacial score (nSPS) is 11.6. The molecule has 0 atom stereocenters. The van der Waals surface area contributed by atoms with Crippen molar-refractivity contribution in [2.45, 2.75) is 0 Å². The van der Waals surface area contributed by atoms with Crippen molar-refractivity contribution in [3.8, 4) is 66.8 Å². The molecule has 3 aromatic heterocycles. The van der Waals surface area contributed by atoms with E-state index in [1.165, 1.54) is 65.7 Å². The summed E-state index contributed by atoms with van der Waals surface area (Å²) in [5.74, 6) is 0. The van der Waals surface area contributed by atoms with Gasteiger partial charge in [-0.15, -0.1) is 0 Å². The van der Waals surface area contributed by atoms with E-state index in [2.05, 4.69) is 212 Å². The summed E-state index contributed by atoms with van der Waals surface area (Å²) < 4.78 is 0. The molecule has 0 amide bonds. The fourth-order valence-electron chi connectivity index (χ4n) is 10.6. The van der Waals surface area contributed by atoms with Crippen LogP contribution >= 0.6 is 0 Å². The third-order valence-electron chi connectivity index (χ3n) is 13.4. The number of fused-ring (bicyclic) bond motifs is 6. The van der Waals surface area contributed by atoms with Gasteiger partial charge in [-0.3, -0.25) is 15.0 Å². The Hall–Kier alpha value is -8.79. The Morgan fingerprint density at radius 2 is 0.379 bits per heavy atom. The number of rotatable bonds is 6. The lowest BCUT2D eigenvalue weighted by atomic mass is 9.85. The summed E-state index contributed by atoms with van der Waals surface area (Å²) in [6.45, 7) is 0. The Bertz CT molecular complexity index is 3580. The highest BCUT2D eigenvalue weighted by Crippen LogP contribution is 2.47. The fraction of sp³-hybridized carbons (Fsp3) is 0. The van der Waals surface area contributed by atoms with Gasteiger partial charge >= 0.3 is 0 Å². The first kappa shape index (κ1) is 37.7. The predicted molar refractivity (Wildman–Crippen MR) is 277 cm³/mol. The molecular formula is C63H39N3. The molecule has 0 fully saturated rings. The molecule has 13 rings (SSSR count). The van der Waals surface area contributed by atoms with Crippen molar-refractivity contribution in [1.29, 1.82) is 0 Å². The maximum absolute atomic E-state index is 5.15. The minimum atomic E-state index is 0.981. The van der Waals surface area contributed by atoms with E-state index in [4.69, 9.17) is 15.0 Å². The highest BCUT2D eigenvalue weighted by atomic mass is 14.7. The first-order chi connectivity index (χ1) is 32.8. The molecule has 306 valence electrons. The van der Waals surface area contributed by atoms with Crippen molar-refractivity contribution < 1.29 is 0 Å². The van der Waals surface area contributed by atoms with Crippen molar-refractivity contribution in [1.82, 2.24) is 15.0 Å². The molecule has 0 aliphatic carbocycles. The number of aromatic nitrogens is 3. The van der Waals surface area contributed by atoms with Gasteiger partial charge in [-0.05, 0) is 101 Å². The minimum absolute atomic E-state index is 0.981. The van der Waals surface area contributed by atoms with Gasteiger partial charge in [-0.1, -0.05) is 200 Å². The molecule has 3 heteroatoms. The number of hydrogen-bond acceptors (Lipinski definition) is 3. The smallest absolute Gasteiger partial charge is 0.0792 e. The molecule has 0 bridgehead atoms. The summed E-state index contributed by atoms with van der Waals surface area (Å²) in [5, 5.41) is 10.6. The van der Waals surface area contributed by atoms with Gasteiger partial charge in [-0.2, -0.15) is 0 Å². The molecule has 0 saturated heterocycles. The lowest BCUT2D eigenvalue weighted by molar-refractivity contribution is 1.41. The zero-order valence-electron chi connectivity index (χ0n) is 35.9. The molecule has 0 N–H and O–H groups in total. The largest absolute Gasteiger partial charge is 0.256 e. The second kappa shape index (κ2) is 15.5. The average molecular weight is 838 g/mol. The SMILES string of the molecule is c1ccc(-c2c3ccccc3c(-c3ccc(-c4c5ccccc5c(-c5ccc(-c6c7ccccc7c(-c7ccccc7)c7ncccc67)cc5)c5ncccc45)cc3)c3cccnc23)cc1. The van der Waals surface area contributed by atoms with Crippen molar-refractivity contribution in [2.24, 2.45) is 0 Å². The monoisotopic (exact) mass is 837 g/mol. The van der Waals surface area contributed by atoms with Crippen LogP contribution in [0.15, 0.2) is 237 Å². The van der Waals surface area contributed by atoms with E-state index >= 15 is 0 Å². The summed E-state index contributed by atoms with van der Waals surface area (Å²) in [5.41, 5.74) is 16.9. The van der Waals surface area contributed by atoms with Gasteiger partial charge in [0.15, 0.2) is 0 Å². The maximum Gasteiger partial charge on any atom is 0.0792 e. The molecule has 10 aromatic carbocycles. The van der Waals surface area contributed by atoms with Crippen LogP contribution in [0.25, 0.3) is 132 Å². The quantitative estimate of drug-likeness (QED) is 0.157. The highest BCUT2D eigenvalue weighted by Gasteiger charge is 2.22. The Labute approximate surface area is 382 Å². The molecule has 0 spiro atoms. The summed E-state index contributed by atoms with van der Waals surface area (Å²) >= 11 is 0. The van der Waals surface area contributed by atoms with Gasteiger partial charge in [0, 0.05) is 51.4 Å². The molecule has 0 saturated carbocycles. The number of pyridine rings is 3. The van der Waals surface area contributed by atoms with Gasteiger partial charge in [0.2, 0.25) is 0 Å². The minimum Gasteiger partial charge on any atom is -0.256 e. The van der Waals surface area contributed by atoms with Gasteiger partial charge in [0.05, 0.1) is 16.6 Å². The standard InChI is InChI=1S/C63H39N3/c1-3-16-40(17-4-1)58-49-23-10-7-20-46(49)55(52-26-13-37-64-61(52)58)42-29-31-43(32-30-42)56-48-22-9-12-25-51(48)60(63-54(56)28-15-39-66-63)45-35-33-44(34-36-45)57-47-21-8-11-24-50(47)59(41-18-5-2-6-19-41)62-53(57)27-14-38-65-62/h1-39H. The second-order valence-corrected chi connectivity index (χ2v) is 17.0. The van der Waals surface area contributed by atoms with Gasteiger partial charge < -0.3 is 0 Å². The van der Waals surface area contributed by atoms with E-state index in [-0.39, 0.29) is 0 Å². The lowest BCUT2D eigenvalue weighted by Crippen LogP contribution is -1.94. The molecule has 0 radical (unpaired) electrons. The molecule has 3 heterocycles. The number of nitrogens with zero attached hydrogens (tertiary/aromatic N) is 3. The van der Waals surface area contributed by atoms with E-state index in [1.807, 2.05) is 24.7 Å². The van der Waals surface area contributed by atoms with E-state index in [0.717, 1.165) is 66.1 Å². The topological polar surface area (TPSA) is 38.7 Å². The molecule has 66 heavy (non-hydrogen) atoms. The Balaban J connectivity index is 0.955. The zero-order valence-corrected chi connectivity index (χ0v) is 35.9. The number of benzene rings is 10. The van der Waals surface area contributed by atoms with Crippen LogP contribution in [0.2, 0.25) is 0 Å². The predicted octanol–water partition coefficient (Wildman–Crippen LogP) is 16.8. The third-order valence-corrected chi connectivity index (χ3v) is 13.4. The van der Waals surface area contributed by atoms with E-state index < -0.39 is 0 Å². The van der Waals surface area contributed by atoms with E-state index in [9.17, 15) is 0 Å². The Kier molecular flexibility index (Phi) is 8.85. The molecule has 3 nitrogen and oxygen atoms in total. The van der Waals surface area contributed by atoms with Crippen LogP contribution in [0.5, 0.6) is 0 Å². The molecule has 13 aromatic rings. The van der Waals surface area contributed by atoms with Crippen molar-refractivity contribution in [2.75, 3.05) is 0 Å². The van der Waals surface area contributed by atoms with E-state index in [0.29, 0.717) is 0 Å². The summed E-state index contributed by atoms with van der Waals surface area (Å²) in [4.78, 5) is 15.2. The average Bonchev–Trinajstić information content (AvgIpc) is 3.39. The molecule has 0 aliphatic heterocycles. The Morgan fingerprint density at radius 1 is 0.167 bits per heavy atom. The molecule has 0 aliphatic rings. The van der Waals surface area contributed by atoms with Crippen LogP contribution in [0, 0.1) is 0 Å². The van der Waals surface area contributed by atoms with Crippen molar-refractivity contribution in [3.63, 3.8) is 0 Å². The van der Waals surface area contributed by atoms with Crippen LogP contribution in [-0.2, 0) is 0 Å². The third kappa shape index (κ3) is 5.94. The van der Waals surface area contributed by atoms with Crippen LogP contribution in [0.3, 0.4) is 0 Å². The van der Waals surface area contributed by atoms with Crippen molar-refractivity contribution in [3.05, 3.63) is 237 Å². The summed E-state index contributed by atoms with van der Waals surface area (Å²) in [6, 6.07) is 78.6. The van der Waals surface area contributed by atoms with E-state index in [1.54, 1.807) is 0 Å². The van der Waals surface area contributed by atoms with Crippen LogP contribution < -0.4 is 0 Å². The van der Waals surface area contributed by atoms with Gasteiger partial charge in [0.1, 0.15) is 0 Å². The van der Waals surface area contributed by atoms with Crippen LogP contribution in [0.1, 0.15) is 0 Å². The Morgan fingerprint density at radius 3 is 0.667 bits per heavy atom. The van der Waals surface area contributed by atoms with Gasteiger partial charge in [-0.25, -0.2) is 0 Å². The van der Waals surface area contributed by atoms with Crippen LogP contribution in [-0.4, -0.2) is 15.0 Å².